The number of hydrogen-bond donors (Lipinski definition) is 1. The molecule has 0 aliphatic carbocycles. The van der Waals surface area contributed by atoms with Crippen molar-refractivity contribution in [3.05, 3.63) is 122 Å². The van der Waals surface area contributed by atoms with Crippen molar-refractivity contribution >= 4 is 28.9 Å². The Balaban J connectivity index is 1.56. The quantitative estimate of drug-likeness (QED) is 0.302. The summed E-state index contributed by atoms with van der Waals surface area (Å²) >= 11 is 0.955. The van der Waals surface area contributed by atoms with Crippen LogP contribution in [0.4, 0.5) is 4.39 Å². The van der Waals surface area contributed by atoms with Gasteiger partial charge in [-0.15, -0.1) is 11.3 Å². The summed E-state index contributed by atoms with van der Waals surface area (Å²) in [5.41, 5.74) is 3.16. The van der Waals surface area contributed by atoms with E-state index in [1.54, 1.807) is 16.8 Å². The van der Waals surface area contributed by atoms with Gasteiger partial charge in [-0.25, -0.2) is 9.07 Å². The molecule has 0 saturated carbocycles. The molecule has 44 heavy (non-hydrogen) atoms. The normalized spacial score (nSPS) is 15.7. The molecule has 3 aromatic carbocycles. The first-order chi connectivity index (χ1) is 21.4. The van der Waals surface area contributed by atoms with E-state index < -0.39 is 17.3 Å². The molecule has 1 amide bonds. The zero-order valence-corrected chi connectivity index (χ0v) is 24.7. The summed E-state index contributed by atoms with van der Waals surface area (Å²) < 4.78 is 23.8. The number of nitriles is 1. The van der Waals surface area contributed by atoms with E-state index in [0.29, 0.717) is 17.9 Å². The van der Waals surface area contributed by atoms with Crippen LogP contribution in [0.5, 0.6) is 0 Å². The number of nitrogens with zero attached hydrogens (tertiary/aromatic N) is 4. The lowest BCUT2D eigenvalue weighted by atomic mass is 10.1. The van der Waals surface area contributed by atoms with Gasteiger partial charge in [0.25, 0.3) is 11.5 Å². The second-order valence-electron chi connectivity index (χ2n) is 10.4. The van der Waals surface area contributed by atoms with E-state index in [-0.39, 0.29) is 33.1 Å². The first-order valence-electron chi connectivity index (χ1n) is 14.2. The molecule has 10 heteroatoms. The molecular weight excluding hydrogens is 577 g/mol. The lowest BCUT2D eigenvalue weighted by Gasteiger charge is -2.10. The average molecular weight is 606 g/mol. The Kier molecular flexibility index (Phi) is 8.32. The van der Waals surface area contributed by atoms with Crippen molar-refractivity contribution in [1.29, 1.82) is 5.26 Å². The van der Waals surface area contributed by atoms with Gasteiger partial charge in [-0.1, -0.05) is 60.2 Å². The van der Waals surface area contributed by atoms with E-state index >= 15 is 4.39 Å². The van der Waals surface area contributed by atoms with Crippen LogP contribution in [-0.2, 0) is 9.53 Å². The van der Waals surface area contributed by atoms with Gasteiger partial charge in [0.15, 0.2) is 5.57 Å². The molecule has 6 rings (SSSR count). The number of nitrogens with one attached hydrogen (secondary N) is 1. The van der Waals surface area contributed by atoms with E-state index in [9.17, 15) is 14.9 Å². The van der Waals surface area contributed by atoms with E-state index in [0.717, 1.165) is 45.6 Å². The third-order valence-electron chi connectivity index (χ3n) is 7.36. The van der Waals surface area contributed by atoms with Crippen LogP contribution >= 0.6 is 11.3 Å². The number of thiazole rings is 1. The van der Waals surface area contributed by atoms with E-state index in [2.05, 4.69) is 5.32 Å². The Hall–Kier alpha value is -5.11. The highest BCUT2D eigenvalue weighted by Crippen LogP contribution is 2.25. The van der Waals surface area contributed by atoms with Crippen molar-refractivity contribution in [2.45, 2.75) is 25.9 Å². The van der Waals surface area contributed by atoms with Crippen LogP contribution in [0.15, 0.2) is 89.9 Å². The van der Waals surface area contributed by atoms with Crippen LogP contribution in [0.2, 0.25) is 0 Å². The second kappa shape index (κ2) is 12.6. The van der Waals surface area contributed by atoms with Gasteiger partial charge in [0.2, 0.25) is 0 Å². The largest absolute Gasteiger partial charge is 0.376 e. The van der Waals surface area contributed by atoms with Gasteiger partial charge in [0, 0.05) is 30.5 Å². The summed E-state index contributed by atoms with van der Waals surface area (Å²) in [5.74, 6) is -1.31. The van der Waals surface area contributed by atoms with Crippen molar-refractivity contribution in [2.24, 2.45) is 0 Å². The van der Waals surface area contributed by atoms with Gasteiger partial charge in [-0.2, -0.15) is 10.4 Å². The number of aryl methyl sites for hydroxylation is 1. The molecule has 1 N–H and O–H groups in total. The number of ether oxygens (including phenoxy) is 1. The highest BCUT2D eigenvalue weighted by atomic mass is 32.1. The Morgan fingerprint density at radius 1 is 1.14 bits per heavy atom. The Morgan fingerprint density at radius 3 is 2.59 bits per heavy atom. The predicted molar refractivity (Wildman–Crippen MR) is 167 cm³/mol. The molecule has 0 unspecified atom stereocenters. The number of amides is 1. The topological polar surface area (TPSA) is 102 Å². The van der Waals surface area contributed by atoms with Gasteiger partial charge < -0.3 is 10.1 Å². The van der Waals surface area contributed by atoms with E-state index in [4.69, 9.17) is 9.84 Å². The molecule has 8 nitrogen and oxygen atoms in total. The van der Waals surface area contributed by atoms with Crippen LogP contribution in [0.1, 0.15) is 24.0 Å². The number of aromatic nitrogens is 3. The smallest absolute Gasteiger partial charge is 0.273 e. The summed E-state index contributed by atoms with van der Waals surface area (Å²) in [6.07, 6.45) is 5.06. The summed E-state index contributed by atoms with van der Waals surface area (Å²) in [6.45, 7) is 2.85. The van der Waals surface area contributed by atoms with Gasteiger partial charge in [0.05, 0.1) is 27.7 Å². The Morgan fingerprint density at radius 2 is 1.89 bits per heavy atom. The number of carbonyl (C=O) groups excluding carboxylic acids is 1. The molecule has 0 radical (unpaired) electrons. The van der Waals surface area contributed by atoms with Crippen LogP contribution in [0.25, 0.3) is 34.3 Å². The highest BCUT2D eigenvalue weighted by Gasteiger charge is 2.22. The highest BCUT2D eigenvalue weighted by molar-refractivity contribution is 7.07. The summed E-state index contributed by atoms with van der Waals surface area (Å²) in [4.78, 5) is 27.3. The molecule has 2 aromatic heterocycles. The number of hydrogen-bond acceptors (Lipinski definition) is 6. The molecule has 220 valence electrons. The molecule has 3 heterocycles. The minimum Gasteiger partial charge on any atom is -0.376 e. The first-order valence-corrected chi connectivity index (χ1v) is 15.0. The maximum absolute atomic E-state index is 15.1. The maximum Gasteiger partial charge on any atom is 0.273 e. The fraction of sp³-hybridized carbons (Fsp3) is 0.176. The summed E-state index contributed by atoms with van der Waals surface area (Å²) in [7, 11) is 0. The van der Waals surface area contributed by atoms with Gasteiger partial charge in [0.1, 0.15) is 16.5 Å². The molecule has 1 aliphatic heterocycles. The maximum atomic E-state index is 15.1. The number of benzene rings is 3. The van der Waals surface area contributed by atoms with Crippen molar-refractivity contribution in [3.63, 3.8) is 0 Å². The van der Waals surface area contributed by atoms with Gasteiger partial charge in [-0.05, 0) is 50.1 Å². The zero-order chi connectivity index (χ0) is 30.6. The zero-order valence-electron chi connectivity index (χ0n) is 23.9. The minimum atomic E-state index is -0.658. The molecule has 0 spiro atoms. The SMILES string of the molecule is Cc1ccc(-c2nn(-c3ccccc3)cc2/C=c2\s/c(=C(/C#N)C(=O)NC[C@@H]3CCCO3)n(-c3ccccc3F)c2=O)cc1. The molecule has 1 fully saturated rings. The van der Waals surface area contributed by atoms with Crippen molar-refractivity contribution in [2.75, 3.05) is 13.2 Å². The fourth-order valence-corrected chi connectivity index (χ4v) is 6.17. The summed E-state index contributed by atoms with van der Waals surface area (Å²) in [5, 5.41) is 17.7. The molecule has 1 saturated heterocycles. The number of halogens is 1. The number of rotatable bonds is 7. The van der Waals surface area contributed by atoms with Crippen LogP contribution in [0.3, 0.4) is 0 Å². The monoisotopic (exact) mass is 605 g/mol. The summed E-state index contributed by atoms with van der Waals surface area (Å²) in [6, 6.07) is 25.2. The molecule has 0 bridgehead atoms. The van der Waals surface area contributed by atoms with Crippen molar-refractivity contribution in [3.8, 4) is 28.7 Å². The Labute approximate surface area is 256 Å². The first kappa shape index (κ1) is 29.0. The van der Waals surface area contributed by atoms with E-state index in [1.807, 2.05) is 73.8 Å². The molecular formula is C34H28FN5O3S. The van der Waals surface area contributed by atoms with Crippen LogP contribution in [0, 0.1) is 24.1 Å². The van der Waals surface area contributed by atoms with E-state index in [1.165, 1.54) is 18.2 Å². The predicted octanol–water partition coefficient (Wildman–Crippen LogP) is 4.00. The van der Waals surface area contributed by atoms with Crippen LogP contribution < -0.4 is 20.1 Å². The molecule has 1 aliphatic rings. The molecule has 5 aromatic rings. The third kappa shape index (κ3) is 5.88. The van der Waals surface area contributed by atoms with Crippen LogP contribution in [-0.4, -0.2) is 39.5 Å². The van der Waals surface area contributed by atoms with Gasteiger partial charge in [-0.3, -0.25) is 14.2 Å². The van der Waals surface area contributed by atoms with Crippen molar-refractivity contribution in [1.82, 2.24) is 19.7 Å². The minimum absolute atomic E-state index is 0.0334. The number of para-hydroxylation sites is 2. The second-order valence-corrected chi connectivity index (χ2v) is 11.4. The average Bonchev–Trinajstić information content (AvgIpc) is 3.78. The lowest BCUT2D eigenvalue weighted by molar-refractivity contribution is -0.116. The lowest BCUT2D eigenvalue weighted by Crippen LogP contribution is -2.36. The Bertz CT molecular complexity index is 2050. The van der Waals surface area contributed by atoms with Crippen molar-refractivity contribution < 1.29 is 13.9 Å². The standard InChI is InChI=1S/C34H28FN5O3S/c1-22-13-15-23(16-14-22)31-24(21-39(38-31)25-8-3-2-4-9-25)18-30-33(42)40(29-12-6-5-11-28(29)35)34(44-30)27(19-36)32(41)37-20-26-10-7-17-43-26/h2-6,8-9,11-16,18,21,26H,7,10,17,20H2,1H3,(H,37,41)/b30-18-,34-27-/t26-/m0/s1. The fourth-order valence-electron chi connectivity index (χ4n) is 5.08. The van der Waals surface area contributed by atoms with Gasteiger partial charge >= 0.3 is 0 Å². The third-order valence-corrected chi connectivity index (χ3v) is 8.45. The molecule has 1 atom stereocenters. The number of carbonyl (C=O) groups is 1.